The summed E-state index contributed by atoms with van der Waals surface area (Å²) >= 11 is 0. The Morgan fingerprint density at radius 1 is 0.453 bits per heavy atom. The lowest BCUT2D eigenvalue weighted by molar-refractivity contribution is -0.156. The van der Waals surface area contributed by atoms with Gasteiger partial charge in [0, 0.05) is 48.2 Å². The van der Waals surface area contributed by atoms with Crippen LogP contribution < -0.4 is 26.6 Å². The number of hydrogen-bond donors (Lipinski definition) is 7. The number of amides is 11. The highest BCUT2D eigenvalue weighted by molar-refractivity contribution is 5.99. The van der Waals surface area contributed by atoms with Crippen LogP contribution in [0.25, 0.3) is 11.1 Å². The second kappa shape index (κ2) is 42.2. The Labute approximate surface area is 629 Å². The molecule has 27 nitrogen and oxygen atoms in total. The SMILES string of the molecule is C/C=C/C[C@@H](C)[C@@H](O)[C@@H](C(=O)N[C@H](C(=O)OC)[C@@H](C)O)N(C)C(=O)[C@H](C(C)C)N(C)C(=O)[C@H](CC(C)C)NC(=O)[C@H](CC(C)C)N(C)C(=O)[C@@H](C)NC(=O)[C@H](C)NC(=O)[C@H](CC(C)C)N(C)C(=O)[C@H](CC(C)C)NC(=O)[C@H](CC(C)C)N(C)C(=O)[C@@H](C)N(C)C(=O)OCC1c2ccccc2-c2ccccc21. The van der Waals surface area contributed by atoms with E-state index in [4.69, 9.17) is 9.47 Å². The topological polar surface area (TPSA) is 343 Å². The molecular weight excluding hydrogens is 1360 g/mol. The van der Waals surface area contributed by atoms with E-state index in [9.17, 15) is 67.7 Å². The number of likely N-dealkylation sites (N-methyl/N-ethyl adjacent to an activating group) is 6. The van der Waals surface area contributed by atoms with Crippen molar-refractivity contribution in [2.45, 2.75) is 248 Å². The maximum absolute atomic E-state index is 14.9. The monoisotopic (exact) mass is 1490 g/mol. The number of nitrogens with one attached hydrogen (secondary N) is 5. The fraction of sp³-hybridized carbons (Fsp3) is 0.671. The number of benzene rings is 2. The summed E-state index contributed by atoms with van der Waals surface area (Å²) in [5.41, 5.74) is 4.19. The van der Waals surface area contributed by atoms with Crippen molar-refractivity contribution in [2.24, 2.45) is 41.4 Å². The number of ether oxygens (including phenoxy) is 2. The van der Waals surface area contributed by atoms with E-state index in [0.717, 1.165) is 34.3 Å². The fourth-order valence-corrected chi connectivity index (χ4v) is 13.4. The van der Waals surface area contributed by atoms with Crippen molar-refractivity contribution in [3.8, 4) is 11.1 Å². The number of fused-ring (bicyclic) bond motifs is 3. The lowest BCUT2D eigenvalue weighted by atomic mass is 9.91. The Hall–Kier alpha value is -8.46. The van der Waals surface area contributed by atoms with Crippen molar-refractivity contribution in [1.82, 2.24) is 56.0 Å². The van der Waals surface area contributed by atoms with Gasteiger partial charge in [0.25, 0.3) is 0 Å². The maximum Gasteiger partial charge on any atom is 0.410 e. The van der Waals surface area contributed by atoms with Gasteiger partial charge in [0.05, 0.1) is 19.3 Å². The molecule has 1 aliphatic carbocycles. The van der Waals surface area contributed by atoms with E-state index in [-0.39, 0.29) is 74.2 Å². The first kappa shape index (κ1) is 91.7. The van der Waals surface area contributed by atoms with E-state index < -0.39 is 162 Å². The van der Waals surface area contributed by atoms with Crippen molar-refractivity contribution in [2.75, 3.05) is 56.0 Å². The van der Waals surface area contributed by atoms with Crippen LogP contribution in [0.15, 0.2) is 60.7 Å². The third-order valence-corrected chi connectivity index (χ3v) is 19.7. The van der Waals surface area contributed by atoms with E-state index in [1.165, 1.54) is 87.6 Å². The predicted molar refractivity (Wildman–Crippen MR) is 406 cm³/mol. The molecule has 0 bridgehead atoms. The van der Waals surface area contributed by atoms with Gasteiger partial charge in [0.2, 0.25) is 59.1 Å². The molecule has 0 saturated heterocycles. The summed E-state index contributed by atoms with van der Waals surface area (Å²) in [5.74, 6) is -10.3. The van der Waals surface area contributed by atoms with Gasteiger partial charge >= 0.3 is 12.1 Å². The molecule has 11 amide bonds. The van der Waals surface area contributed by atoms with Crippen molar-refractivity contribution < 1.29 is 77.2 Å². The predicted octanol–water partition coefficient (Wildman–Crippen LogP) is 6.26. The zero-order chi connectivity index (χ0) is 80.8. The molecular formula is C79H127N11O16. The minimum atomic E-state index is -1.64. The van der Waals surface area contributed by atoms with E-state index in [1.54, 1.807) is 46.8 Å². The first-order valence-electron chi connectivity index (χ1n) is 37.4. The average molecular weight is 1490 g/mol. The average Bonchev–Trinajstić information content (AvgIpc) is 1.56. The molecule has 2 aromatic carbocycles. The molecule has 106 heavy (non-hydrogen) atoms. The molecule has 3 rings (SSSR count). The van der Waals surface area contributed by atoms with Crippen LogP contribution in [0.2, 0.25) is 0 Å². The Kier molecular flexibility index (Phi) is 36.5. The van der Waals surface area contributed by atoms with E-state index in [0.29, 0.717) is 6.42 Å². The van der Waals surface area contributed by atoms with Crippen LogP contribution in [0.5, 0.6) is 0 Å². The van der Waals surface area contributed by atoms with Crippen LogP contribution in [-0.4, -0.2) is 245 Å². The number of aliphatic hydroxyl groups excluding tert-OH is 2. The van der Waals surface area contributed by atoms with Gasteiger partial charge in [-0.05, 0) is 137 Å². The second-order valence-corrected chi connectivity index (χ2v) is 31.3. The fourth-order valence-electron chi connectivity index (χ4n) is 13.4. The van der Waals surface area contributed by atoms with Crippen LogP contribution >= 0.6 is 0 Å². The Balaban J connectivity index is 1.83. The third-order valence-electron chi connectivity index (χ3n) is 19.7. The lowest BCUT2D eigenvalue weighted by Gasteiger charge is -2.40. The van der Waals surface area contributed by atoms with Crippen LogP contribution in [0, 0.1) is 41.4 Å². The van der Waals surface area contributed by atoms with Gasteiger partial charge < -0.3 is 70.8 Å². The van der Waals surface area contributed by atoms with Crippen LogP contribution in [-0.2, 0) is 62.2 Å². The molecule has 0 aromatic heterocycles. The molecule has 14 atom stereocenters. The molecule has 2 aromatic rings. The van der Waals surface area contributed by atoms with Gasteiger partial charge in [-0.2, -0.15) is 0 Å². The molecule has 0 fully saturated rings. The number of carbonyl (C=O) groups excluding carboxylic acids is 12. The van der Waals surface area contributed by atoms with Crippen molar-refractivity contribution >= 4 is 71.1 Å². The summed E-state index contributed by atoms with van der Waals surface area (Å²) in [6.07, 6.45) is 0.839. The van der Waals surface area contributed by atoms with Gasteiger partial charge in [0.1, 0.15) is 67.0 Å². The molecule has 594 valence electrons. The first-order chi connectivity index (χ1) is 49.4. The van der Waals surface area contributed by atoms with Crippen LogP contribution in [0.3, 0.4) is 0 Å². The van der Waals surface area contributed by atoms with Crippen molar-refractivity contribution in [1.29, 1.82) is 0 Å². The van der Waals surface area contributed by atoms with Gasteiger partial charge in [-0.25, -0.2) is 9.59 Å². The minimum Gasteiger partial charge on any atom is -0.467 e. The first-order valence-corrected chi connectivity index (χ1v) is 37.4. The molecule has 0 spiro atoms. The zero-order valence-electron chi connectivity index (χ0n) is 67.6. The highest BCUT2D eigenvalue weighted by atomic mass is 16.6. The summed E-state index contributed by atoms with van der Waals surface area (Å²) in [6, 6.07) is 1.89. The third kappa shape index (κ3) is 25.1. The molecule has 0 saturated carbocycles. The van der Waals surface area contributed by atoms with Gasteiger partial charge in [0.15, 0.2) is 6.04 Å². The molecule has 7 N–H and O–H groups in total. The number of rotatable bonds is 40. The highest BCUT2D eigenvalue weighted by Crippen LogP contribution is 2.44. The van der Waals surface area contributed by atoms with Gasteiger partial charge in [-0.1, -0.05) is 151 Å². The van der Waals surface area contributed by atoms with E-state index >= 15 is 0 Å². The van der Waals surface area contributed by atoms with Crippen LogP contribution in [0.1, 0.15) is 180 Å². The van der Waals surface area contributed by atoms with E-state index in [2.05, 4.69) is 26.6 Å². The highest BCUT2D eigenvalue weighted by Gasteiger charge is 2.45. The smallest absolute Gasteiger partial charge is 0.410 e. The summed E-state index contributed by atoms with van der Waals surface area (Å²) < 4.78 is 10.7. The molecule has 27 heteroatoms. The standard InChI is InChI=1S/C79H127N11O16/c1-26-27-32-49(14)67(92)66(72(97)84-64(53(18)91)78(103)105-25)90(24)77(102)65(48(12)13)89(23)76(101)60(38-44(4)5)83-70(95)62(40-46(8)9)86(20)73(98)51(16)81-68(93)50(15)80-69(94)61(39-45(6)7)88(22)75(100)59(37-43(2)3)82-71(96)63(41-47(10)11)87(21)74(99)52(17)85(19)79(104)106-42-58-56-35-30-28-33-54(56)55-34-29-31-36-57(55)58/h26-31,33-36,43-53,58-67,91-92H,32,37-42H2,1-25H3,(H,80,94)(H,81,93)(H,82,96)(H,83,95)(H,84,97)/b27-26+/t49-,50+,51-,52-,53-,59+,60+,61+,62+,63+,64+,65+,66+,67-/m1/s1. The van der Waals surface area contributed by atoms with Crippen LogP contribution in [0.4, 0.5) is 4.79 Å². The summed E-state index contributed by atoms with van der Waals surface area (Å²) in [4.78, 5) is 179. The molecule has 1 aliphatic rings. The normalized spacial score (nSPS) is 16.1. The number of carbonyl (C=O) groups is 12. The van der Waals surface area contributed by atoms with Gasteiger partial charge in [-0.3, -0.25) is 52.8 Å². The minimum absolute atomic E-state index is 0.0344. The van der Waals surface area contributed by atoms with Crippen molar-refractivity contribution in [3.63, 3.8) is 0 Å². The van der Waals surface area contributed by atoms with Gasteiger partial charge in [-0.15, -0.1) is 0 Å². The summed E-state index contributed by atoms with van der Waals surface area (Å²) in [7, 11) is 9.53. The number of nitrogens with zero attached hydrogens (tertiary/aromatic N) is 6. The zero-order valence-corrected chi connectivity index (χ0v) is 67.6. The molecule has 0 heterocycles. The van der Waals surface area contributed by atoms with E-state index in [1.807, 2.05) is 118 Å². The number of methoxy groups -OCH3 is 1. The largest absolute Gasteiger partial charge is 0.467 e. The summed E-state index contributed by atoms with van der Waals surface area (Å²) in [5, 5.41) is 35.8. The Bertz CT molecular complexity index is 3310. The molecule has 0 radical (unpaired) electrons. The Morgan fingerprint density at radius 2 is 0.849 bits per heavy atom. The molecule has 0 unspecified atom stereocenters. The number of aliphatic hydroxyl groups is 2. The second-order valence-electron chi connectivity index (χ2n) is 31.3. The number of allylic oxidation sites excluding steroid dienone is 2. The number of hydrogen-bond acceptors (Lipinski definition) is 16. The maximum atomic E-state index is 14.9. The quantitative estimate of drug-likeness (QED) is 0.0286. The molecule has 0 aliphatic heterocycles. The van der Waals surface area contributed by atoms with Crippen molar-refractivity contribution in [3.05, 3.63) is 71.8 Å². The Morgan fingerprint density at radius 3 is 1.26 bits per heavy atom. The lowest BCUT2D eigenvalue weighted by Crippen LogP contribution is -2.63. The summed E-state index contributed by atoms with van der Waals surface area (Å²) in [6.45, 7) is 31.1. The number of esters is 1.